The SMILES string of the molecule is C/C=C/COc1ccccc1C(C)NCC. The van der Waals surface area contributed by atoms with E-state index in [1.807, 2.05) is 37.3 Å². The lowest BCUT2D eigenvalue weighted by Gasteiger charge is -2.16. The monoisotopic (exact) mass is 219 g/mol. The molecule has 0 saturated heterocycles. The van der Waals surface area contributed by atoms with Gasteiger partial charge in [0.1, 0.15) is 12.4 Å². The van der Waals surface area contributed by atoms with E-state index in [9.17, 15) is 0 Å². The minimum absolute atomic E-state index is 0.326. The molecule has 0 radical (unpaired) electrons. The van der Waals surface area contributed by atoms with Crippen LogP contribution in [0.4, 0.5) is 0 Å². The molecule has 0 aromatic heterocycles. The van der Waals surface area contributed by atoms with Gasteiger partial charge in [-0.25, -0.2) is 0 Å². The van der Waals surface area contributed by atoms with E-state index < -0.39 is 0 Å². The van der Waals surface area contributed by atoms with Crippen LogP contribution >= 0.6 is 0 Å². The number of hydrogen-bond acceptors (Lipinski definition) is 2. The van der Waals surface area contributed by atoms with Crippen molar-refractivity contribution in [2.75, 3.05) is 13.2 Å². The van der Waals surface area contributed by atoms with E-state index in [-0.39, 0.29) is 0 Å². The van der Waals surface area contributed by atoms with Gasteiger partial charge in [-0.1, -0.05) is 37.3 Å². The Morgan fingerprint density at radius 1 is 1.38 bits per heavy atom. The Kier molecular flexibility index (Phi) is 5.65. The molecule has 0 saturated carbocycles. The third-order valence-corrected chi connectivity index (χ3v) is 2.47. The van der Waals surface area contributed by atoms with Crippen molar-refractivity contribution in [2.45, 2.75) is 26.8 Å². The molecule has 0 fully saturated rings. The van der Waals surface area contributed by atoms with Gasteiger partial charge < -0.3 is 10.1 Å². The van der Waals surface area contributed by atoms with Gasteiger partial charge in [0, 0.05) is 11.6 Å². The predicted octanol–water partition coefficient (Wildman–Crippen LogP) is 3.31. The summed E-state index contributed by atoms with van der Waals surface area (Å²) in [5.74, 6) is 0.967. The van der Waals surface area contributed by atoms with Crippen molar-refractivity contribution in [3.63, 3.8) is 0 Å². The van der Waals surface area contributed by atoms with Gasteiger partial charge in [0.25, 0.3) is 0 Å². The second kappa shape index (κ2) is 7.07. The molecule has 2 heteroatoms. The van der Waals surface area contributed by atoms with Gasteiger partial charge in [-0.2, -0.15) is 0 Å². The summed E-state index contributed by atoms with van der Waals surface area (Å²) in [6.07, 6.45) is 4.00. The third-order valence-electron chi connectivity index (χ3n) is 2.47. The second-order valence-electron chi connectivity index (χ2n) is 3.70. The lowest BCUT2D eigenvalue weighted by atomic mass is 10.1. The summed E-state index contributed by atoms with van der Waals surface area (Å²) in [5.41, 5.74) is 1.22. The zero-order valence-electron chi connectivity index (χ0n) is 10.4. The van der Waals surface area contributed by atoms with E-state index in [0.29, 0.717) is 12.6 Å². The molecule has 0 heterocycles. The zero-order chi connectivity index (χ0) is 11.8. The first-order valence-electron chi connectivity index (χ1n) is 5.85. The average molecular weight is 219 g/mol. The van der Waals surface area contributed by atoms with Crippen molar-refractivity contribution in [1.82, 2.24) is 5.32 Å². The van der Waals surface area contributed by atoms with Gasteiger partial charge in [0.05, 0.1) is 0 Å². The van der Waals surface area contributed by atoms with E-state index in [2.05, 4.69) is 25.2 Å². The van der Waals surface area contributed by atoms with E-state index in [4.69, 9.17) is 4.74 Å². The van der Waals surface area contributed by atoms with Crippen molar-refractivity contribution >= 4 is 0 Å². The summed E-state index contributed by atoms with van der Waals surface area (Å²) in [6, 6.07) is 8.51. The highest BCUT2D eigenvalue weighted by Crippen LogP contribution is 2.24. The molecule has 1 aromatic carbocycles. The van der Waals surface area contributed by atoms with Crippen LogP contribution in [0, 0.1) is 0 Å². The largest absolute Gasteiger partial charge is 0.489 e. The predicted molar refractivity (Wildman–Crippen MR) is 68.8 cm³/mol. The molecular weight excluding hydrogens is 198 g/mol. The summed E-state index contributed by atoms with van der Waals surface area (Å²) in [7, 11) is 0. The van der Waals surface area contributed by atoms with Crippen molar-refractivity contribution in [3.05, 3.63) is 42.0 Å². The van der Waals surface area contributed by atoms with Crippen molar-refractivity contribution in [3.8, 4) is 5.75 Å². The topological polar surface area (TPSA) is 21.3 Å². The highest BCUT2D eigenvalue weighted by atomic mass is 16.5. The second-order valence-corrected chi connectivity index (χ2v) is 3.70. The maximum absolute atomic E-state index is 5.72. The molecule has 1 aromatic rings. The summed E-state index contributed by atoms with van der Waals surface area (Å²) < 4.78 is 5.72. The summed E-state index contributed by atoms with van der Waals surface area (Å²) in [6.45, 7) is 7.86. The summed E-state index contributed by atoms with van der Waals surface area (Å²) in [5, 5.41) is 3.39. The van der Waals surface area contributed by atoms with Crippen LogP contribution in [0.2, 0.25) is 0 Å². The average Bonchev–Trinajstić information content (AvgIpc) is 2.30. The van der Waals surface area contributed by atoms with Gasteiger partial charge in [-0.3, -0.25) is 0 Å². The summed E-state index contributed by atoms with van der Waals surface area (Å²) >= 11 is 0. The van der Waals surface area contributed by atoms with Crippen LogP contribution in [-0.2, 0) is 0 Å². The number of para-hydroxylation sites is 1. The first-order chi connectivity index (χ1) is 7.79. The Morgan fingerprint density at radius 3 is 2.81 bits per heavy atom. The van der Waals surface area contributed by atoms with E-state index in [1.54, 1.807) is 0 Å². The molecule has 0 aliphatic rings. The highest BCUT2D eigenvalue weighted by molar-refractivity contribution is 5.35. The highest BCUT2D eigenvalue weighted by Gasteiger charge is 2.09. The molecule has 0 aliphatic carbocycles. The van der Waals surface area contributed by atoms with E-state index in [0.717, 1.165) is 12.3 Å². The molecule has 0 bridgehead atoms. The molecule has 0 spiro atoms. The molecular formula is C14H21NO. The molecule has 1 atom stereocenters. The van der Waals surface area contributed by atoms with Gasteiger partial charge in [0.2, 0.25) is 0 Å². The third kappa shape index (κ3) is 3.70. The minimum Gasteiger partial charge on any atom is -0.489 e. The maximum Gasteiger partial charge on any atom is 0.124 e. The van der Waals surface area contributed by atoms with Crippen LogP contribution in [0.25, 0.3) is 0 Å². The van der Waals surface area contributed by atoms with Gasteiger partial charge in [-0.15, -0.1) is 0 Å². The minimum atomic E-state index is 0.326. The normalized spacial score (nSPS) is 12.9. The molecule has 2 nitrogen and oxygen atoms in total. The number of rotatable bonds is 6. The molecule has 88 valence electrons. The van der Waals surface area contributed by atoms with Crippen LogP contribution in [0.3, 0.4) is 0 Å². The fraction of sp³-hybridized carbons (Fsp3) is 0.429. The van der Waals surface area contributed by atoms with E-state index in [1.165, 1.54) is 5.56 Å². The Bertz CT molecular complexity index is 333. The zero-order valence-corrected chi connectivity index (χ0v) is 10.4. The lowest BCUT2D eigenvalue weighted by molar-refractivity contribution is 0.354. The van der Waals surface area contributed by atoms with Crippen LogP contribution in [0.5, 0.6) is 5.75 Å². The Balaban J connectivity index is 2.74. The van der Waals surface area contributed by atoms with E-state index >= 15 is 0 Å². The van der Waals surface area contributed by atoms with Crippen molar-refractivity contribution in [1.29, 1.82) is 0 Å². The van der Waals surface area contributed by atoms with Gasteiger partial charge >= 0.3 is 0 Å². The van der Waals surface area contributed by atoms with Crippen LogP contribution in [0.15, 0.2) is 36.4 Å². The molecule has 16 heavy (non-hydrogen) atoms. The standard InChI is InChI=1S/C14H21NO/c1-4-6-11-16-14-10-8-7-9-13(14)12(3)15-5-2/h4,6-10,12,15H,5,11H2,1-3H3/b6-4+. The molecule has 1 rings (SSSR count). The number of benzene rings is 1. The van der Waals surface area contributed by atoms with Crippen LogP contribution in [-0.4, -0.2) is 13.2 Å². The summed E-state index contributed by atoms with van der Waals surface area (Å²) in [4.78, 5) is 0. The molecule has 1 unspecified atom stereocenters. The fourth-order valence-corrected chi connectivity index (χ4v) is 1.62. The number of nitrogens with one attached hydrogen (secondary N) is 1. The smallest absolute Gasteiger partial charge is 0.124 e. The van der Waals surface area contributed by atoms with Crippen LogP contribution < -0.4 is 10.1 Å². The quantitative estimate of drug-likeness (QED) is 0.741. The van der Waals surface area contributed by atoms with Gasteiger partial charge in [-0.05, 0) is 26.5 Å². The Morgan fingerprint density at radius 2 is 2.12 bits per heavy atom. The maximum atomic E-state index is 5.72. The number of allylic oxidation sites excluding steroid dienone is 1. The Hall–Kier alpha value is -1.28. The molecule has 1 N–H and O–H groups in total. The van der Waals surface area contributed by atoms with Gasteiger partial charge in [0.15, 0.2) is 0 Å². The Labute approximate surface area is 98.3 Å². The lowest BCUT2D eigenvalue weighted by Crippen LogP contribution is -2.18. The molecule has 0 aliphatic heterocycles. The van der Waals surface area contributed by atoms with Crippen molar-refractivity contribution < 1.29 is 4.74 Å². The van der Waals surface area contributed by atoms with Crippen LogP contribution in [0.1, 0.15) is 32.4 Å². The fourth-order valence-electron chi connectivity index (χ4n) is 1.62. The first-order valence-corrected chi connectivity index (χ1v) is 5.85. The number of ether oxygens (including phenoxy) is 1. The number of hydrogen-bond donors (Lipinski definition) is 1. The molecule has 0 amide bonds. The van der Waals surface area contributed by atoms with Crippen molar-refractivity contribution in [2.24, 2.45) is 0 Å². The first kappa shape index (κ1) is 12.8.